The number of fused-ring (bicyclic) bond motifs is 1. The lowest BCUT2D eigenvalue weighted by atomic mass is 9.91. The molecule has 0 aliphatic heterocycles. The Labute approximate surface area is 277 Å². The van der Waals surface area contributed by atoms with Crippen molar-refractivity contribution < 1.29 is 32.2 Å². The van der Waals surface area contributed by atoms with Gasteiger partial charge >= 0.3 is 12.1 Å². The lowest BCUT2D eigenvalue weighted by molar-refractivity contribution is -0.157. The Hall–Kier alpha value is -2.52. The van der Waals surface area contributed by atoms with Crippen LogP contribution in [0.2, 0.25) is 0 Å². The minimum Gasteiger partial charge on any atom is -0.482 e. The molecule has 0 saturated heterocycles. The molecule has 0 amide bonds. The fourth-order valence-corrected chi connectivity index (χ4v) is 4.14. The number of ether oxygens (including phenoxy) is 2. The van der Waals surface area contributed by atoms with Crippen molar-refractivity contribution in [3.05, 3.63) is 58.7 Å². The number of aryl methyl sites for hydroxylation is 1. The molecule has 0 bridgehead atoms. The lowest BCUT2D eigenvalue weighted by Crippen LogP contribution is -2.27. The van der Waals surface area contributed by atoms with E-state index in [2.05, 4.69) is 24.6 Å². The second-order valence-corrected chi connectivity index (χ2v) is 10.9. The summed E-state index contributed by atoms with van der Waals surface area (Å²) in [5, 5.41) is 0. The highest BCUT2D eigenvalue weighted by molar-refractivity contribution is 7.97. The molecule has 0 heterocycles. The van der Waals surface area contributed by atoms with Gasteiger partial charge in [-0.3, -0.25) is 9.52 Å². The first-order chi connectivity index (χ1) is 20.7. The molecule has 1 aliphatic rings. The average Bonchev–Trinajstić information content (AvgIpc) is 2.98. The molecule has 9 heteroatoms. The van der Waals surface area contributed by atoms with E-state index in [1.807, 2.05) is 74.4 Å². The summed E-state index contributed by atoms with van der Waals surface area (Å²) in [5.74, 6) is 0.132. The number of ketones is 1. The van der Waals surface area contributed by atoms with Crippen LogP contribution in [-0.4, -0.2) is 31.0 Å². The summed E-state index contributed by atoms with van der Waals surface area (Å²) in [6.45, 7) is 23.0. The van der Waals surface area contributed by atoms with Crippen molar-refractivity contribution in [1.29, 1.82) is 0 Å². The number of halogens is 3. The third-order valence-corrected chi connectivity index (χ3v) is 5.65. The Morgan fingerprint density at radius 2 is 1.44 bits per heavy atom. The molecular weight excluding hydrogens is 599 g/mol. The van der Waals surface area contributed by atoms with E-state index < -0.39 is 17.3 Å². The normalized spacial score (nSPS) is 11.1. The van der Waals surface area contributed by atoms with Crippen molar-refractivity contribution in [3.8, 4) is 5.75 Å². The molecule has 5 nitrogen and oxygen atoms in total. The van der Waals surface area contributed by atoms with Gasteiger partial charge in [0.05, 0.1) is 5.56 Å². The summed E-state index contributed by atoms with van der Waals surface area (Å²) < 4.78 is 51.1. The number of nitrogens with one attached hydrogen (secondary N) is 1. The zero-order chi connectivity index (χ0) is 34.9. The van der Waals surface area contributed by atoms with E-state index in [0.29, 0.717) is 4.90 Å². The minimum atomic E-state index is -4.44. The highest BCUT2D eigenvalue weighted by Gasteiger charge is 2.31. The molecule has 2 aromatic rings. The molecule has 0 atom stereocenters. The molecular formula is C36H62F3NO4S. The van der Waals surface area contributed by atoms with Crippen LogP contribution in [0.15, 0.2) is 41.3 Å². The smallest absolute Gasteiger partial charge is 0.416 e. The molecule has 0 spiro atoms. The van der Waals surface area contributed by atoms with E-state index in [-0.39, 0.29) is 31.3 Å². The van der Waals surface area contributed by atoms with Crippen molar-refractivity contribution in [2.75, 3.05) is 13.7 Å². The van der Waals surface area contributed by atoms with Crippen molar-refractivity contribution in [3.63, 3.8) is 0 Å². The molecule has 45 heavy (non-hydrogen) atoms. The molecule has 2 aromatic carbocycles. The fraction of sp³-hybridized carbons (Fsp3) is 0.611. The van der Waals surface area contributed by atoms with Gasteiger partial charge in [-0.15, -0.1) is 0 Å². The minimum absolute atomic E-state index is 0. The van der Waals surface area contributed by atoms with E-state index in [9.17, 15) is 22.8 Å². The van der Waals surface area contributed by atoms with E-state index in [0.717, 1.165) is 42.7 Å². The fourth-order valence-electron chi connectivity index (χ4n) is 3.53. The second kappa shape index (κ2) is 27.8. The highest BCUT2D eigenvalue weighted by Crippen LogP contribution is 2.33. The van der Waals surface area contributed by atoms with Crippen LogP contribution in [0.1, 0.15) is 137 Å². The van der Waals surface area contributed by atoms with Gasteiger partial charge in [-0.25, -0.2) is 4.79 Å². The Balaban J connectivity index is -0.000000295. The maximum Gasteiger partial charge on any atom is 0.416 e. The van der Waals surface area contributed by atoms with Gasteiger partial charge in [0, 0.05) is 10.5 Å². The number of carbonyl (C=O) groups excluding carboxylic acids is 2. The van der Waals surface area contributed by atoms with Crippen LogP contribution in [0, 0.1) is 0 Å². The predicted molar refractivity (Wildman–Crippen MR) is 188 cm³/mol. The van der Waals surface area contributed by atoms with E-state index in [1.165, 1.54) is 43.4 Å². The van der Waals surface area contributed by atoms with E-state index in [4.69, 9.17) is 9.47 Å². The molecule has 1 N–H and O–H groups in total. The number of esters is 1. The Morgan fingerprint density at radius 1 is 0.911 bits per heavy atom. The quantitative estimate of drug-likeness (QED) is 0.189. The van der Waals surface area contributed by atoms with Crippen molar-refractivity contribution >= 4 is 23.7 Å². The predicted octanol–water partition coefficient (Wildman–Crippen LogP) is 11.6. The van der Waals surface area contributed by atoms with Crippen LogP contribution in [-0.2, 0) is 28.5 Å². The van der Waals surface area contributed by atoms with Crippen LogP contribution < -0.4 is 9.46 Å². The molecule has 0 unspecified atom stereocenters. The third-order valence-electron chi connectivity index (χ3n) is 4.98. The number of carbonyl (C=O) groups is 2. The van der Waals surface area contributed by atoms with Crippen LogP contribution in [0.3, 0.4) is 0 Å². The summed E-state index contributed by atoms with van der Waals surface area (Å²) in [4.78, 5) is 23.1. The van der Waals surface area contributed by atoms with Crippen LogP contribution >= 0.6 is 11.9 Å². The number of hydrogen-bond donors (Lipinski definition) is 1. The molecule has 0 saturated carbocycles. The number of hydrogen-bond acceptors (Lipinski definition) is 6. The SMILES string of the molecule is C.CC.CC.CC.CC(C)(C)OC(=O)COc1cccc2c1CCCC2.CCC.CNSc1cc(C(C)=O)cc(C(F)(F)F)c1. The van der Waals surface area contributed by atoms with E-state index in [1.54, 1.807) is 7.05 Å². The van der Waals surface area contributed by atoms with Crippen LogP contribution in [0.25, 0.3) is 0 Å². The Bertz CT molecular complexity index is 1050. The number of benzene rings is 2. The highest BCUT2D eigenvalue weighted by atomic mass is 32.2. The number of Topliss-reactive ketones (excluding diaryl/α,β-unsaturated/α-hetero) is 1. The summed E-state index contributed by atoms with van der Waals surface area (Å²) in [5.41, 5.74) is 1.41. The van der Waals surface area contributed by atoms with Gasteiger partial charge in [0.25, 0.3) is 0 Å². The number of alkyl halides is 3. The first-order valence-electron chi connectivity index (χ1n) is 15.7. The molecule has 0 fully saturated rings. The summed E-state index contributed by atoms with van der Waals surface area (Å²) in [6.07, 6.45) is 1.40. The maximum atomic E-state index is 12.5. The maximum absolute atomic E-state index is 12.5. The van der Waals surface area contributed by atoms with Gasteiger partial charge in [0.1, 0.15) is 11.4 Å². The van der Waals surface area contributed by atoms with Crippen LogP contribution in [0.5, 0.6) is 5.75 Å². The average molecular weight is 662 g/mol. The second-order valence-electron chi connectivity index (χ2n) is 9.79. The first kappa shape index (κ1) is 49.4. The Morgan fingerprint density at radius 3 is 1.91 bits per heavy atom. The largest absolute Gasteiger partial charge is 0.482 e. The first-order valence-corrected chi connectivity index (χ1v) is 16.6. The zero-order valence-corrected chi connectivity index (χ0v) is 30.2. The topological polar surface area (TPSA) is 64.6 Å². The van der Waals surface area contributed by atoms with Crippen molar-refractivity contribution in [1.82, 2.24) is 4.72 Å². The van der Waals surface area contributed by atoms with Gasteiger partial charge in [-0.2, -0.15) is 13.2 Å². The third kappa shape index (κ3) is 22.6. The van der Waals surface area contributed by atoms with Gasteiger partial charge in [0.15, 0.2) is 12.4 Å². The summed E-state index contributed by atoms with van der Waals surface area (Å²) in [7, 11) is 1.60. The zero-order valence-electron chi connectivity index (χ0n) is 29.4. The summed E-state index contributed by atoms with van der Waals surface area (Å²) >= 11 is 1.03. The molecule has 1 aliphatic carbocycles. The van der Waals surface area contributed by atoms with E-state index >= 15 is 0 Å². The van der Waals surface area contributed by atoms with Gasteiger partial charge in [-0.1, -0.05) is 81.4 Å². The van der Waals surface area contributed by atoms with Gasteiger partial charge in [0.2, 0.25) is 0 Å². The number of rotatable bonds is 6. The summed E-state index contributed by atoms with van der Waals surface area (Å²) in [6, 6.07) is 9.38. The Kier molecular flexibility index (Phi) is 30.5. The molecule has 3 rings (SSSR count). The lowest BCUT2D eigenvalue weighted by Gasteiger charge is -2.21. The van der Waals surface area contributed by atoms with Gasteiger partial charge < -0.3 is 9.47 Å². The molecule has 262 valence electrons. The monoisotopic (exact) mass is 661 g/mol. The molecule has 0 radical (unpaired) electrons. The standard InChI is InChI=1S/C16H22O3.C10H10F3NOS.C3H8.3C2H6.CH4/c1-16(2,3)19-15(17)11-18-14-10-6-8-12-7-4-5-9-13(12)14;1-6(15)7-3-8(10(11,12)13)5-9(4-7)16-14-2;1-3-2;3*1-2;/h6,8,10H,4-5,7,9,11H2,1-3H3;3-5,14H,1-2H3;3H2,1-2H3;3*1-2H3;1H4. The van der Waals surface area contributed by atoms with Crippen LogP contribution in [0.4, 0.5) is 13.2 Å². The van der Waals surface area contributed by atoms with Gasteiger partial charge in [-0.05, 0) is 108 Å². The van der Waals surface area contributed by atoms with Crippen molar-refractivity contribution in [2.45, 2.75) is 139 Å². The van der Waals surface area contributed by atoms with Crippen molar-refractivity contribution in [2.24, 2.45) is 0 Å². The molecule has 0 aromatic heterocycles.